The molecule has 0 spiro atoms. The van der Waals surface area contributed by atoms with Crippen LogP contribution in [0.25, 0.3) is 0 Å². The molecule has 0 amide bonds. The molecule has 2 aromatic rings. The molecule has 0 bridgehead atoms. The van der Waals surface area contributed by atoms with Crippen LogP contribution in [0.5, 0.6) is 0 Å². The zero-order valence-corrected chi connectivity index (χ0v) is 17.9. The molecule has 1 aromatic carbocycles. The van der Waals surface area contributed by atoms with Crippen LogP contribution in [0.15, 0.2) is 35.3 Å². The molecule has 2 heterocycles. The summed E-state index contributed by atoms with van der Waals surface area (Å²) in [4.78, 5) is 8.95. The smallest absolute Gasteiger partial charge is 0.191 e. The fourth-order valence-electron chi connectivity index (χ4n) is 3.47. The summed E-state index contributed by atoms with van der Waals surface area (Å²) in [5, 5.41) is 15.2. The van der Waals surface area contributed by atoms with Gasteiger partial charge < -0.3 is 20.7 Å². The van der Waals surface area contributed by atoms with E-state index in [1.54, 1.807) is 7.11 Å². The number of benzene rings is 1. The largest absolute Gasteiger partial charge is 0.380 e. The van der Waals surface area contributed by atoms with Crippen LogP contribution in [0.4, 0.5) is 5.69 Å². The van der Waals surface area contributed by atoms with Crippen LogP contribution in [0.1, 0.15) is 31.9 Å². The van der Waals surface area contributed by atoms with Gasteiger partial charge >= 0.3 is 0 Å². The van der Waals surface area contributed by atoms with Gasteiger partial charge in [-0.1, -0.05) is 32.0 Å². The number of aromatic nitrogens is 3. The normalized spacial score (nSPS) is 17.7. The maximum atomic E-state index is 5.14. The van der Waals surface area contributed by atoms with E-state index in [0.717, 1.165) is 49.2 Å². The van der Waals surface area contributed by atoms with Crippen LogP contribution in [0.3, 0.4) is 0 Å². The minimum atomic E-state index is 0.269. The molecule has 0 saturated carbocycles. The number of aryl methyl sites for hydroxylation is 1. The highest BCUT2D eigenvalue weighted by Crippen LogP contribution is 2.14. The second-order valence-corrected chi connectivity index (χ2v) is 7.75. The number of ether oxygens (including phenoxy) is 1. The van der Waals surface area contributed by atoms with E-state index in [2.05, 4.69) is 57.0 Å². The second kappa shape index (κ2) is 10.2. The summed E-state index contributed by atoms with van der Waals surface area (Å²) in [6, 6.07) is 10.9. The van der Waals surface area contributed by atoms with Gasteiger partial charge in [-0.3, -0.25) is 4.99 Å². The van der Waals surface area contributed by atoms with Gasteiger partial charge in [-0.25, -0.2) is 9.67 Å². The molecular formula is C21H33N7O. The van der Waals surface area contributed by atoms with Crippen LogP contribution < -0.4 is 16.0 Å². The van der Waals surface area contributed by atoms with Crippen molar-refractivity contribution >= 4 is 11.6 Å². The average molecular weight is 400 g/mol. The number of guanidine groups is 1. The van der Waals surface area contributed by atoms with E-state index in [0.29, 0.717) is 18.6 Å². The van der Waals surface area contributed by atoms with E-state index in [1.807, 2.05) is 29.9 Å². The van der Waals surface area contributed by atoms with Crippen molar-refractivity contribution in [3.05, 3.63) is 42.0 Å². The fraction of sp³-hybridized carbons (Fsp3) is 0.571. The molecular weight excluding hydrogens is 366 g/mol. The van der Waals surface area contributed by atoms with Gasteiger partial charge in [-0.05, 0) is 24.5 Å². The van der Waals surface area contributed by atoms with Crippen molar-refractivity contribution in [3.8, 4) is 0 Å². The Morgan fingerprint density at radius 3 is 2.79 bits per heavy atom. The molecule has 3 rings (SSSR count). The molecule has 2 unspecified atom stereocenters. The summed E-state index contributed by atoms with van der Waals surface area (Å²) in [6.45, 7) is 6.47. The zero-order valence-electron chi connectivity index (χ0n) is 17.9. The first kappa shape index (κ1) is 21.1. The minimum absolute atomic E-state index is 0.269. The molecule has 8 nitrogen and oxygen atoms in total. The monoisotopic (exact) mass is 399 g/mol. The first-order valence-electron chi connectivity index (χ1n) is 10.3. The van der Waals surface area contributed by atoms with E-state index in [4.69, 9.17) is 4.74 Å². The Labute approximate surface area is 173 Å². The van der Waals surface area contributed by atoms with Crippen molar-refractivity contribution in [1.82, 2.24) is 25.4 Å². The molecule has 158 valence electrons. The van der Waals surface area contributed by atoms with Gasteiger partial charge in [0.15, 0.2) is 11.8 Å². The van der Waals surface area contributed by atoms with Crippen LogP contribution in [-0.2, 0) is 24.3 Å². The summed E-state index contributed by atoms with van der Waals surface area (Å²) in [7, 11) is 3.47. The average Bonchev–Trinajstić information content (AvgIpc) is 3.12. The third kappa shape index (κ3) is 5.93. The molecule has 2 atom stereocenters. The number of methoxy groups -OCH3 is 1. The highest BCUT2D eigenvalue weighted by Gasteiger charge is 2.23. The van der Waals surface area contributed by atoms with Gasteiger partial charge in [-0.2, -0.15) is 5.10 Å². The molecule has 0 saturated heterocycles. The van der Waals surface area contributed by atoms with Crippen LogP contribution >= 0.6 is 0 Å². The predicted octanol–water partition coefficient (Wildman–Crippen LogP) is 2.04. The van der Waals surface area contributed by atoms with E-state index < -0.39 is 0 Å². The quantitative estimate of drug-likeness (QED) is 0.465. The number of hydrogen-bond donors (Lipinski definition) is 3. The van der Waals surface area contributed by atoms with Crippen molar-refractivity contribution in [2.45, 2.75) is 51.9 Å². The highest BCUT2D eigenvalue weighted by molar-refractivity contribution is 5.80. The second-order valence-electron chi connectivity index (χ2n) is 7.75. The topological polar surface area (TPSA) is 88.4 Å². The summed E-state index contributed by atoms with van der Waals surface area (Å²) >= 11 is 0. The number of fused-ring (bicyclic) bond motifs is 1. The molecule has 0 fully saturated rings. The first-order valence-corrected chi connectivity index (χ1v) is 10.3. The van der Waals surface area contributed by atoms with Crippen LogP contribution in [0, 0.1) is 5.92 Å². The van der Waals surface area contributed by atoms with Crippen molar-refractivity contribution in [2.75, 3.05) is 26.0 Å². The van der Waals surface area contributed by atoms with Gasteiger partial charge in [0.1, 0.15) is 12.4 Å². The minimum Gasteiger partial charge on any atom is -0.380 e. The standard InChI is InChI=1S/C21H33N7O/c1-15(2)18(24-16-8-6-5-7-9-16)12-23-21(22-3)25-17-10-11-20-26-19(14-29-4)27-28(20)13-17/h5-9,15,17-18,24H,10-14H2,1-4H3,(H2,22,23,25). The fourth-order valence-corrected chi connectivity index (χ4v) is 3.47. The maximum absolute atomic E-state index is 5.14. The third-order valence-electron chi connectivity index (χ3n) is 5.16. The van der Waals surface area contributed by atoms with Crippen molar-refractivity contribution in [1.29, 1.82) is 0 Å². The predicted molar refractivity (Wildman–Crippen MR) is 116 cm³/mol. The molecule has 0 aliphatic carbocycles. The Bertz CT molecular complexity index is 788. The Balaban J connectivity index is 1.53. The molecule has 8 heteroatoms. The van der Waals surface area contributed by atoms with Gasteiger partial charge in [0.2, 0.25) is 0 Å². The van der Waals surface area contributed by atoms with Gasteiger partial charge in [0.05, 0.1) is 6.54 Å². The van der Waals surface area contributed by atoms with E-state index in [9.17, 15) is 0 Å². The zero-order chi connectivity index (χ0) is 20.6. The highest BCUT2D eigenvalue weighted by atomic mass is 16.5. The number of aliphatic imine (C=N–C) groups is 1. The van der Waals surface area contributed by atoms with E-state index in [1.165, 1.54) is 0 Å². The van der Waals surface area contributed by atoms with Crippen LogP contribution in [-0.4, -0.2) is 53.5 Å². The van der Waals surface area contributed by atoms with Crippen LogP contribution in [0.2, 0.25) is 0 Å². The summed E-state index contributed by atoms with van der Waals surface area (Å²) in [5.74, 6) is 3.07. The lowest BCUT2D eigenvalue weighted by atomic mass is 10.0. The molecule has 29 heavy (non-hydrogen) atoms. The Morgan fingerprint density at radius 2 is 2.10 bits per heavy atom. The lowest BCUT2D eigenvalue weighted by Crippen LogP contribution is -2.50. The Morgan fingerprint density at radius 1 is 1.31 bits per heavy atom. The molecule has 1 aromatic heterocycles. The lowest BCUT2D eigenvalue weighted by Gasteiger charge is -2.28. The summed E-state index contributed by atoms with van der Waals surface area (Å²) in [6.07, 6.45) is 1.90. The Kier molecular flexibility index (Phi) is 7.46. The molecule has 3 N–H and O–H groups in total. The number of nitrogens with zero attached hydrogens (tertiary/aromatic N) is 4. The number of anilines is 1. The number of rotatable bonds is 8. The Hall–Kier alpha value is -2.61. The SMILES string of the molecule is CN=C(NCC(Nc1ccccc1)C(C)C)NC1CCc2nc(COC)nn2C1. The lowest BCUT2D eigenvalue weighted by molar-refractivity contribution is 0.177. The van der Waals surface area contributed by atoms with Gasteiger partial charge in [0.25, 0.3) is 0 Å². The molecule has 1 aliphatic rings. The van der Waals surface area contributed by atoms with E-state index >= 15 is 0 Å². The van der Waals surface area contributed by atoms with Crippen molar-refractivity contribution in [2.24, 2.45) is 10.9 Å². The van der Waals surface area contributed by atoms with Gasteiger partial charge in [-0.15, -0.1) is 0 Å². The van der Waals surface area contributed by atoms with E-state index in [-0.39, 0.29) is 6.04 Å². The molecule has 0 radical (unpaired) electrons. The summed E-state index contributed by atoms with van der Waals surface area (Å²) in [5.41, 5.74) is 1.13. The number of nitrogens with one attached hydrogen (secondary N) is 3. The number of hydrogen-bond acceptors (Lipinski definition) is 5. The maximum Gasteiger partial charge on any atom is 0.191 e. The first-order chi connectivity index (χ1) is 14.1. The van der Waals surface area contributed by atoms with Gasteiger partial charge in [0, 0.05) is 44.9 Å². The summed E-state index contributed by atoms with van der Waals surface area (Å²) < 4.78 is 7.12. The number of para-hydroxylation sites is 1. The third-order valence-corrected chi connectivity index (χ3v) is 5.16. The van der Waals surface area contributed by atoms with Crippen molar-refractivity contribution < 1.29 is 4.74 Å². The molecule has 1 aliphatic heterocycles. The van der Waals surface area contributed by atoms with Crippen molar-refractivity contribution in [3.63, 3.8) is 0 Å².